The fourth-order valence-electron chi connectivity index (χ4n) is 0.393. The van der Waals surface area contributed by atoms with Crippen LogP contribution >= 0.6 is 7.77 Å². The van der Waals surface area contributed by atoms with Crippen LogP contribution in [0.15, 0.2) is 5.57 Å². The fraction of sp³-hybridized carbons (Fsp3) is 0.250. The number of carboxylic acids is 1. The van der Waals surface area contributed by atoms with Gasteiger partial charge < -0.3 is 10.00 Å². The van der Waals surface area contributed by atoms with E-state index in [1.807, 2.05) is 0 Å². The van der Waals surface area contributed by atoms with Gasteiger partial charge in [-0.25, -0.2) is 4.79 Å². The molecule has 0 fully saturated rings. The summed E-state index contributed by atoms with van der Waals surface area (Å²) in [5.41, 5.74) is 2.43. The molecule has 3 nitrogen and oxygen atoms in total. The smallest absolute Gasteiger partial charge is 0.347 e. The van der Waals surface area contributed by atoms with Crippen molar-refractivity contribution >= 4 is 19.2 Å². The average Bonchev–Trinajstić information content (AvgIpc) is 1.57. The first-order valence-corrected chi connectivity index (χ1v) is 3.45. The highest BCUT2D eigenvalue weighted by atomic mass is 31.1. The Morgan fingerprint density at radius 2 is 2.50 bits per heavy atom. The summed E-state index contributed by atoms with van der Waals surface area (Å²) >= 11 is 0. The Morgan fingerprint density at radius 1 is 2.00 bits per heavy atom. The van der Waals surface area contributed by atoms with E-state index in [-0.39, 0.29) is 11.7 Å². The second-order valence-electron chi connectivity index (χ2n) is 1.43. The molecule has 1 heterocycles. The van der Waals surface area contributed by atoms with Gasteiger partial charge in [-0.1, -0.05) is 0 Å². The minimum atomic E-state index is -1.41. The zero-order valence-electron chi connectivity index (χ0n) is 3.92. The van der Waals surface area contributed by atoms with Gasteiger partial charge in [0.2, 0.25) is 0 Å². The summed E-state index contributed by atoms with van der Waals surface area (Å²) in [5, 5.41) is 8.12. The molecule has 8 heavy (non-hydrogen) atoms. The fourth-order valence-corrected chi connectivity index (χ4v) is 1.18. The average molecular weight is 130 g/mol. The van der Waals surface area contributed by atoms with E-state index in [0.29, 0.717) is 0 Å². The molecule has 0 saturated heterocycles. The van der Waals surface area contributed by atoms with Gasteiger partial charge in [-0.2, -0.15) is 0 Å². The van der Waals surface area contributed by atoms with Crippen LogP contribution in [-0.4, -0.2) is 22.7 Å². The topological polar surface area (TPSA) is 60.4 Å². The van der Waals surface area contributed by atoms with Crippen molar-refractivity contribution in [3.63, 3.8) is 0 Å². The molecule has 0 aromatic carbocycles. The number of aliphatic carboxylic acids is 1. The maximum atomic E-state index is 10.2. The van der Waals surface area contributed by atoms with Crippen LogP contribution in [0.2, 0.25) is 0 Å². The van der Waals surface area contributed by atoms with Gasteiger partial charge in [-0.3, -0.25) is 0 Å². The number of carboxylic acid groups (broad SMARTS) is 1. The lowest BCUT2D eigenvalue weighted by molar-refractivity contribution is -0.153. The Kier molecular flexibility index (Phi) is 1.18. The molecular formula is C4H3O3P. The van der Waals surface area contributed by atoms with Crippen molar-refractivity contribution < 1.29 is 14.8 Å². The Morgan fingerprint density at radius 3 is 2.62 bits per heavy atom. The molecule has 0 aliphatic carbocycles. The molecule has 1 N–H and O–H groups in total. The minimum Gasteiger partial charge on any atom is -0.623 e. The van der Waals surface area contributed by atoms with Crippen LogP contribution in [0.5, 0.6) is 0 Å². The molecule has 1 atom stereocenters. The van der Waals surface area contributed by atoms with Crippen molar-refractivity contribution in [1.29, 1.82) is 0 Å². The van der Waals surface area contributed by atoms with Crippen LogP contribution in [0.25, 0.3) is 0 Å². The Balaban J connectivity index is 2.82. The van der Waals surface area contributed by atoms with E-state index in [9.17, 15) is 9.69 Å². The molecule has 4 heteroatoms. The van der Waals surface area contributed by atoms with Crippen LogP contribution in [0, 0.1) is 0 Å². The maximum absolute atomic E-state index is 10.2. The molecular weight excluding hydrogens is 127 g/mol. The largest absolute Gasteiger partial charge is 0.623 e. The van der Waals surface area contributed by atoms with Gasteiger partial charge in [-0.15, -0.1) is 0 Å². The van der Waals surface area contributed by atoms with E-state index in [0.717, 1.165) is 0 Å². The second kappa shape index (κ2) is 1.71. The SMILES string of the molecule is O=C(O)C1=C=[P+]([O-])C1. The van der Waals surface area contributed by atoms with Gasteiger partial charge in [0.1, 0.15) is 7.77 Å². The standard InChI is InChI=1S/C4H3O3P/c5-4(6)3-1-8(7)2-3/h1H2,(H,5,6). The van der Waals surface area contributed by atoms with E-state index in [1.165, 1.54) is 0 Å². The third-order valence-electron chi connectivity index (χ3n) is 0.820. The summed E-state index contributed by atoms with van der Waals surface area (Å²) < 4.78 is 0. The number of hydrogen-bond acceptors (Lipinski definition) is 2. The molecule has 0 aromatic heterocycles. The zero-order valence-corrected chi connectivity index (χ0v) is 4.81. The molecule has 0 radical (unpaired) electrons. The van der Waals surface area contributed by atoms with Gasteiger partial charge >= 0.3 is 5.97 Å². The molecule has 0 amide bonds. The number of carbonyl (C=O) groups is 1. The first kappa shape index (κ1) is 5.52. The summed E-state index contributed by atoms with van der Waals surface area (Å²) in [6.07, 6.45) is 0.199. The molecule has 0 aromatic rings. The molecule has 0 bridgehead atoms. The lowest BCUT2D eigenvalue weighted by Gasteiger charge is -1.99. The molecule has 1 aliphatic heterocycles. The van der Waals surface area contributed by atoms with Crippen LogP contribution in [0.4, 0.5) is 0 Å². The van der Waals surface area contributed by atoms with E-state index < -0.39 is 13.7 Å². The predicted molar refractivity (Wildman–Crippen MR) is 27.9 cm³/mol. The first-order valence-electron chi connectivity index (χ1n) is 2.00. The van der Waals surface area contributed by atoms with E-state index >= 15 is 0 Å². The summed E-state index contributed by atoms with van der Waals surface area (Å²) in [4.78, 5) is 20.1. The summed E-state index contributed by atoms with van der Waals surface area (Å²) in [6, 6.07) is 0. The highest BCUT2D eigenvalue weighted by molar-refractivity contribution is 7.52. The highest BCUT2D eigenvalue weighted by Gasteiger charge is 2.20. The predicted octanol–water partition coefficient (Wildman–Crippen LogP) is -0.831. The van der Waals surface area contributed by atoms with Crippen molar-refractivity contribution in [3.05, 3.63) is 5.57 Å². The molecule has 1 unspecified atom stereocenters. The second-order valence-corrected chi connectivity index (χ2v) is 2.73. The lowest BCUT2D eigenvalue weighted by atomic mass is 10.4. The van der Waals surface area contributed by atoms with Crippen LogP contribution in [0.1, 0.15) is 0 Å². The van der Waals surface area contributed by atoms with Gasteiger partial charge in [0, 0.05) is 0 Å². The van der Waals surface area contributed by atoms with Gasteiger partial charge in [0.25, 0.3) is 0 Å². The van der Waals surface area contributed by atoms with Crippen molar-refractivity contribution in [2.24, 2.45) is 0 Å². The molecule has 1 rings (SSSR count). The quantitative estimate of drug-likeness (QED) is 0.471. The first-order chi connectivity index (χ1) is 3.70. The van der Waals surface area contributed by atoms with Gasteiger partial charge in [0.05, 0.1) is 5.45 Å². The normalized spacial score (nSPS) is 20.6. The van der Waals surface area contributed by atoms with Crippen LogP contribution in [-0.2, 0) is 4.79 Å². The maximum Gasteiger partial charge on any atom is 0.347 e. The van der Waals surface area contributed by atoms with Gasteiger partial charge in [-0.05, 0) is 0 Å². The van der Waals surface area contributed by atoms with Crippen molar-refractivity contribution in [2.75, 3.05) is 6.16 Å². The molecule has 0 saturated carbocycles. The monoisotopic (exact) mass is 130 g/mol. The van der Waals surface area contributed by atoms with Crippen molar-refractivity contribution in [3.8, 4) is 0 Å². The van der Waals surface area contributed by atoms with E-state index in [2.05, 4.69) is 5.45 Å². The third-order valence-corrected chi connectivity index (χ3v) is 1.94. The Bertz CT molecular complexity index is 199. The van der Waals surface area contributed by atoms with E-state index in [1.54, 1.807) is 0 Å². The van der Waals surface area contributed by atoms with Crippen molar-refractivity contribution in [1.82, 2.24) is 0 Å². The summed E-state index contributed by atoms with van der Waals surface area (Å²) in [6.45, 7) is 0. The highest BCUT2D eigenvalue weighted by Crippen LogP contribution is 2.20. The number of hydrogen-bond donors (Lipinski definition) is 1. The minimum absolute atomic E-state index is 0.158. The molecule has 42 valence electrons. The van der Waals surface area contributed by atoms with Crippen molar-refractivity contribution in [2.45, 2.75) is 0 Å². The Labute approximate surface area is 46.7 Å². The van der Waals surface area contributed by atoms with Crippen LogP contribution in [0.3, 0.4) is 0 Å². The summed E-state index contributed by atoms with van der Waals surface area (Å²) in [5.74, 6) is -1.00. The Hall–Kier alpha value is -0.620. The third kappa shape index (κ3) is 0.797. The zero-order chi connectivity index (χ0) is 6.15. The van der Waals surface area contributed by atoms with Crippen LogP contribution < -0.4 is 4.89 Å². The summed E-state index contributed by atoms with van der Waals surface area (Å²) in [7, 11) is -1.41. The van der Waals surface area contributed by atoms with E-state index in [4.69, 9.17) is 5.11 Å². The van der Waals surface area contributed by atoms with Gasteiger partial charge in [0.15, 0.2) is 11.7 Å². The molecule has 1 aliphatic rings. The number of rotatable bonds is 1. The molecule has 0 spiro atoms. The lowest BCUT2D eigenvalue weighted by Crippen LogP contribution is -2.13.